The van der Waals surface area contributed by atoms with Crippen molar-refractivity contribution >= 4 is 190 Å². The van der Waals surface area contributed by atoms with Gasteiger partial charge in [0, 0.05) is 90.5 Å². The van der Waals surface area contributed by atoms with Crippen LogP contribution in [-0.4, -0.2) is 81.1 Å². The van der Waals surface area contributed by atoms with E-state index in [-0.39, 0.29) is 40.7 Å². The summed E-state index contributed by atoms with van der Waals surface area (Å²) in [6.45, 7) is 24.6. The molecule has 638 valence electrons. The molecule has 16 heteroatoms. The Hall–Kier alpha value is -12.4. The minimum absolute atomic E-state index is 0.343. The maximum absolute atomic E-state index is 6.27. The molecule has 0 atom stereocenters. The SMILES string of the molecule is Brc1ccc2c(c1)c1ccccc1n2-c1ccccc1.CC1(C)OB(B2OC(C)(C)C(C)(C)O2)OC1(C)C.CC1(C)OB(c2ccc3c(c2)c2ccccc2n3-c2ccccc2)OC1(C)C.c1ccc(-n2c3ccccc3c3cc(-c4ccc5c(c4)c4ccccc4n5-c4cccc([Si](c5ccccc5)(c5ccccc5)c5cccc6c5sc5ccccc56)c4)ccc32)cc1. The molecule has 8 heterocycles. The van der Waals surface area contributed by atoms with Crippen LogP contribution in [0.4, 0.5) is 0 Å². The quantitative estimate of drug-likeness (QED) is 0.0949. The summed E-state index contributed by atoms with van der Waals surface area (Å²) in [5, 5.41) is 18.2. The van der Waals surface area contributed by atoms with E-state index in [1.54, 1.807) is 0 Å². The fraction of sp³-hybridized carbons (Fsp3) is 0.158. The average molecular weight is 1790 g/mol. The van der Waals surface area contributed by atoms with Gasteiger partial charge in [0.1, 0.15) is 0 Å². The molecule has 0 bridgehead atoms. The molecule has 5 aromatic heterocycles. The first kappa shape index (κ1) is 84.4. The highest BCUT2D eigenvalue weighted by atomic mass is 79.9. The molecule has 21 aromatic rings. The van der Waals surface area contributed by atoms with Crippen LogP contribution in [0.15, 0.2) is 393 Å². The van der Waals surface area contributed by atoms with E-state index < -0.39 is 22.1 Å². The number of thiophene rings is 1. The van der Waals surface area contributed by atoms with Crippen LogP contribution in [0.25, 0.3) is 141 Å². The lowest BCUT2D eigenvalue weighted by Crippen LogP contribution is -2.74. The van der Waals surface area contributed by atoms with E-state index in [2.05, 4.69) is 438 Å². The molecule has 0 N–H and O–H groups in total. The van der Waals surface area contributed by atoms with Crippen molar-refractivity contribution in [2.45, 2.75) is 117 Å². The summed E-state index contributed by atoms with van der Waals surface area (Å²) in [5.74, 6) is 0. The molecular weight excluding hydrogens is 1690 g/mol. The smallest absolute Gasteiger partial charge is 0.405 e. The second-order valence-electron chi connectivity index (χ2n) is 37.5. The van der Waals surface area contributed by atoms with Crippen LogP contribution in [-0.2, 0) is 27.9 Å². The van der Waals surface area contributed by atoms with Crippen molar-refractivity contribution in [1.29, 1.82) is 0 Å². The van der Waals surface area contributed by atoms with Crippen molar-refractivity contribution in [1.82, 2.24) is 18.3 Å². The van der Waals surface area contributed by atoms with E-state index in [4.69, 9.17) is 27.9 Å². The van der Waals surface area contributed by atoms with Gasteiger partial charge in [-0.15, -0.1) is 11.3 Å². The van der Waals surface area contributed by atoms with Crippen LogP contribution in [0.1, 0.15) is 83.1 Å². The van der Waals surface area contributed by atoms with Crippen LogP contribution >= 0.6 is 27.3 Å². The van der Waals surface area contributed by atoms with Gasteiger partial charge < -0.3 is 46.2 Å². The normalized spacial score (nSPS) is 16.0. The van der Waals surface area contributed by atoms with Gasteiger partial charge in [-0.05, 0) is 248 Å². The van der Waals surface area contributed by atoms with Crippen molar-refractivity contribution < 1.29 is 27.9 Å². The molecule has 0 saturated carbocycles. The molecule has 0 spiro atoms. The third-order valence-electron chi connectivity index (χ3n) is 28.1. The molecule has 3 aliphatic rings. The van der Waals surface area contributed by atoms with Crippen LogP contribution in [0.3, 0.4) is 0 Å². The molecule has 0 radical (unpaired) electrons. The summed E-state index contributed by atoms with van der Waals surface area (Å²) in [6, 6.07) is 142. The topological polar surface area (TPSA) is 75.1 Å². The minimum Gasteiger partial charge on any atom is -0.405 e. The second-order valence-corrected chi connectivity index (χ2v) is 43.2. The predicted molar refractivity (Wildman–Crippen MR) is 554 cm³/mol. The molecule has 0 aliphatic carbocycles. The Bertz CT molecular complexity index is 7760. The summed E-state index contributed by atoms with van der Waals surface area (Å²) in [6.07, 6.45) is 0. The van der Waals surface area contributed by atoms with Crippen molar-refractivity contribution in [2.24, 2.45) is 0 Å². The third kappa shape index (κ3) is 14.5. The lowest BCUT2D eigenvalue weighted by molar-refractivity contribution is 0.00578. The van der Waals surface area contributed by atoms with E-state index in [0.717, 1.165) is 15.6 Å². The van der Waals surface area contributed by atoms with E-state index in [1.807, 2.05) is 78.9 Å². The van der Waals surface area contributed by atoms with Gasteiger partial charge in [0.15, 0.2) is 8.07 Å². The van der Waals surface area contributed by atoms with Gasteiger partial charge >= 0.3 is 21.1 Å². The van der Waals surface area contributed by atoms with Crippen molar-refractivity contribution in [3.63, 3.8) is 0 Å². The number of aromatic nitrogens is 4. The van der Waals surface area contributed by atoms with Crippen LogP contribution in [0.5, 0.6) is 0 Å². The zero-order valence-electron chi connectivity index (χ0n) is 75.2. The van der Waals surface area contributed by atoms with Gasteiger partial charge in [-0.2, -0.15) is 0 Å². The van der Waals surface area contributed by atoms with E-state index >= 15 is 0 Å². The summed E-state index contributed by atoms with van der Waals surface area (Å²) < 4.78 is 49.7. The molecule has 130 heavy (non-hydrogen) atoms. The molecule has 10 nitrogen and oxygen atoms in total. The number of para-hydroxylation sites is 7. The summed E-state index contributed by atoms with van der Waals surface area (Å²) in [7, 11) is -4.23. The zero-order chi connectivity index (χ0) is 89.2. The molecule has 3 fully saturated rings. The van der Waals surface area contributed by atoms with Gasteiger partial charge in [-0.3, -0.25) is 0 Å². The second kappa shape index (κ2) is 32.9. The molecule has 0 unspecified atom stereocenters. The summed E-state index contributed by atoms with van der Waals surface area (Å²) in [5.41, 5.74) is 15.7. The molecule has 24 rings (SSSR count). The zero-order valence-corrected chi connectivity index (χ0v) is 78.6. The average Bonchev–Trinajstić information content (AvgIpc) is 1.06. The molecule has 3 aliphatic heterocycles. The highest BCUT2D eigenvalue weighted by molar-refractivity contribution is 9.10. The monoisotopic (exact) mass is 1790 g/mol. The van der Waals surface area contributed by atoms with E-state index in [1.165, 1.54) is 156 Å². The Kier molecular flexibility index (Phi) is 21.4. The lowest BCUT2D eigenvalue weighted by Gasteiger charge is -2.35. The Morgan fingerprint density at radius 1 is 0.246 bits per heavy atom. The van der Waals surface area contributed by atoms with Crippen molar-refractivity contribution in [3.8, 4) is 33.9 Å². The number of hydrogen-bond acceptors (Lipinski definition) is 7. The predicted octanol–water partition coefficient (Wildman–Crippen LogP) is 26.2. The van der Waals surface area contributed by atoms with E-state index in [0.29, 0.717) is 0 Å². The molecule has 3 saturated heterocycles. The third-order valence-corrected chi connectivity index (χ3v) is 34.8. The van der Waals surface area contributed by atoms with Crippen LogP contribution in [0, 0.1) is 0 Å². The molecule has 0 amide bonds. The lowest BCUT2D eigenvalue weighted by atomic mass is 9.49. The Balaban J connectivity index is 0.000000126. The highest BCUT2D eigenvalue weighted by Gasteiger charge is 2.64. The fourth-order valence-corrected chi connectivity index (χ4v) is 26.4. The van der Waals surface area contributed by atoms with Gasteiger partial charge in [0.05, 0.1) is 77.7 Å². The largest absolute Gasteiger partial charge is 0.494 e. The molecular formula is C114H100B3BrN4O6SSi. The van der Waals surface area contributed by atoms with Gasteiger partial charge in [0.2, 0.25) is 0 Å². The van der Waals surface area contributed by atoms with Crippen LogP contribution < -0.4 is 26.2 Å². The van der Waals surface area contributed by atoms with E-state index in [9.17, 15) is 0 Å². The highest BCUT2D eigenvalue weighted by Crippen LogP contribution is 2.46. The summed E-state index contributed by atoms with van der Waals surface area (Å²) >= 11 is 5.51. The Morgan fingerprint density at radius 2 is 0.554 bits per heavy atom. The van der Waals surface area contributed by atoms with Crippen LogP contribution in [0.2, 0.25) is 0 Å². The first-order chi connectivity index (χ1) is 62.8. The number of benzene rings is 16. The number of fused-ring (bicyclic) bond motifs is 15. The number of halogens is 1. The first-order valence-corrected chi connectivity index (χ1v) is 48.6. The Labute approximate surface area is 773 Å². The number of hydrogen-bond donors (Lipinski definition) is 0. The fourth-order valence-electron chi connectivity index (χ4n) is 19.5. The van der Waals surface area contributed by atoms with Crippen molar-refractivity contribution in [2.75, 3.05) is 0 Å². The first-order valence-electron chi connectivity index (χ1n) is 45.0. The van der Waals surface area contributed by atoms with Crippen molar-refractivity contribution in [3.05, 3.63) is 393 Å². The Morgan fingerprint density at radius 3 is 0.985 bits per heavy atom. The number of rotatable bonds is 11. The number of nitrogens with zero attached hydrogens (tertiary/aromatic N) is 4. The van der Waals surface area contributed by atoms with Gasteiger partial charge in [-0.25, -0.2) is 0 Å². The minimum atomic E-state index is -2.93. The summed E-state index contributed by atoms with van der Waals surface area (Å²) in [4.78, 5) is 0. The molecule has 16 aromatic carbocycles. The van der Waals surface area contributed by atoms with Gasteiger partial charge in [0.25, 0.3) is 0 Å². The maximum Gasteiger partial charge on any atom is 0.494 e. The van der Waals surface area contributed by atoms with Gasteiger partial charge in [-0.1, -0.05) is 277 Å². The maximum atomic E-state index is 6.27. The standard InChI is InChI=1S/C60H40N2SSi.C24H24BNO2.C18H12BrN.C12H24B2O4/c1-4-18-43(19-5-1)61-54-30-13-10-26-48(54)52-38-41(34-36-56(52)61)42-35-37-57-53(39-42)49-27-11-14-31-55(49)62(57)44-20-16-25-47(40-44)64(45-21-6-2-7-22-45,46-23-8-3-9-24-46)59-33-17-29-51-50-28-12-15-32-58(50)63-60(51)59;1-23(2)24(3,4)28-25(27-23)17-14-15-22-20(16-17)19-12-8-9-13-21(19)26(22)18-10-6-5-7-11-18;19-13-10-11-18-16(12-13)15-8-4-5-9-17(15)20(18)14-6-2-1-3-7-14;1-9(2)10(3,4)16-13(15-9)14-17-11(5,6)12(7,8)18-14/h1-40H;5-16H,1-4H3;1-12H;1-8H3.